The van der Waals surface area contributed by atoms with Crippen LogP contribution < -0.4 is 0 Å². The van der Waals surface area contributed by atoms with E-state index in [1.165, 1.54) is 18.2 Å². The molecule has 0 spiro atoms. The van der Waals surface area contributed by atoms with Crippen LogP contribution in [0.15, 0.2) is 24.3 Å². The van der Waals surface area contributed by atoms with Gasteiger partial charge < -0.3 is 0 Å². The predicted molar refractivity (Wildman–Crippen MR) is 48.2 cm³/mol. The molecule has 0 aliphatic carbocycles. The molecule has 0 heterocycles. The van der Waals surface area contributed by atoms with E-state index < -0.39 is 11.7 Å². The zero-order valence-electron chi connectivity index (χ0n) is 8.45. The minimum Gasteiger partial charge on any atom is 0 e. The molecular weight excluding hydrogens is 313 g/mol. The summed E-state index contributed by atoms with van der Waals surface area (Å²) in [5.74, 6) is 0. The third-order valence-corrected chi connectivity index (χ3v) is 1.51. The van der Waals surface area contributed by atoms with Gasteiger partial charge >= 0.3 is 40.1 Å². The molecule has 0 fully saturated rings. The molecule has 18 heavy (non-hydrogen) atoms. The number of benzene rings is 1. The Hall–Kier alpha value is -0.948. The van der Waals surface area contributed by atoms with Gasteiger partial charge in [-0.1, -0.05) is 23.7 Å². The van der Waals surface area contributed by atoms with Crippen LogP contribution in [0, 0.1) is 20.0 Å². The molecule has 0 atom stereocenters. The molecule has 8 heteroatoms. The summed E-state index contributed by atoms with van der Waals surface area (Å²) in [5, 5.41) is -0.264. The molecule has 0 bridgehead atoms. The predicted octanol–water partition coefficient (Wildman–Crippen LogP) is 3.24. The van der Waals surface area contributed by atoms with Crippen molar-refractivity contribution in [2.45, 2.75) is 6.18 Å². The average molecular weight is 317 g/mol. The van der Waals surface area contributed by atoms with E-state index in [1.54, 1.807) is 0 Å². The van der Waals surface area contributed by atoms with Gasteiger partial charge in [0.15, 0.2) is 0 Å². The summed E-state index contributed by atoms with van der Waals surface area (Å²) in [6.45, 7) is 13.5. The van der Waals surface area contributed by atoms with Crippen molar-refractivity contribution in [1.82, 2.24) is 0 Å². The average Bonchev–Trinajstić information content (AvgIpc) is 2.36. The SMILES string of the molecule is FC(F)(F)c1ccccc1Cl.[C-]#[O+].[C-]#[O+].[C-]#[O+].[Cr]. The van der Waals surface area contributed by atoms with Gasteiger partial charge in [0.25, 0.3) is 0 Å². The molecule has 3 nitrogen and oxygen atoms in total. The maximum absolute atomic E-state index is 12.0. The molecular formula is C10H4ClCrF3O3. The van der Waals surface area contributed by atoms with Crippen LogP contribution in [-0.2, 0) is 37.5 Å². The topological polar surface area (TPSA) is 59.7 Å². The summed E-state index contributed by atoms with van der Waals surface area (Å²) in [4.78, 5) is 0. The summed E-state index contributed by atoms with van der Waals surface area (Å²) in [5.41, 5.74) is -0.790. The molecule has 96 valence electrons. The monoisotopic (exact) mass is 316 g/mol. The number of halogens is 4. The molecule has 1 aromatic carbocycles. The summed E-state index contributed by atoms with van der Waals surface area (Å²) < 4.78 is 58.4. The minimum absolute atomic E-state index is 0. The molecule has 0 saturated heterocycles. The van der Waals surface area contributed by atoms with Crippen molar-refractivity contribution < 1.29 is 44.5 Å². The molecule has 0 saturated carbocycles. The van der Waals surface area contributed by atoms with Crippen molar-refractivity contribution in [2.75, 3.05) is 0 Å². The first kappa shape index (κ1) is 25.8. The number of hydrogen-bond donors (Lipinski definition) is 0. The van der Waals surface area contributed by atoms with Gasteiger partial charge in [0, 0.05) is 17.4 Å². The Labute approximate surface area is 117 Å². The Kier molecular flexibility index (Phi) is 23.0. The number of alkyl halides is 3. The summed E-state index contributed by atoms with van der Waals surface area (Å²) in [6.07, 6.45) is -4.35. The zero-order valence-corrected chi connectivity index (χ0v) is 10.5. The first-order valence-electron chi connectivity index (χ1n) is 3.45. The van der Waals surface area contributed by atoms with Gasteiger partial charge in [-0.15, -0.1) is 0 Å². The second-order valence-corrected chi connectivity index (χ2v) is 2.38. The van der Waals surface area contributed by atoms with Gasteiger partial charge in [-0.3, -0.25) is 0 Å². The van der Waals surface area contributed by atoms with Crippen molar-refractivity contribution in [2.24, 2.45) is 0 Å². The van der Waals surface area contributed by atoms with E-state index in [1.807, 2.05) is 0 Å². The van der Waals surface area contributed by atoms with Gasteiger partial charge in [-0.2, -0.15) is 13.2 Å². The van der Waals surface area contributed by atoms with Crippen LogP contribution in [0.5, 0.6) is 0 Å². The third-order valence-electron chi connectivity index (χ3n) is 1.18. The normalized spacial score (nSPS) is 7.44. The van der Waals surface area contributed by atoms with Crippen molar-refractivity contribution in [3.05, 3.63) is 54.8 Å². The van der Waals surface area contributed by atoms with Crippen LogP contribution in [0.3, 0.4) is 0 Å². The van der Waals surface area contributed by atoms with Crippen molar-refractivity contribution in [3.63, 3.8) is 0 Å². The Morgan fingerprint density at radius 3 is 1.44 bits per heavy atom. The van der Waals surface area contributed by atoms with E-state index in [2.05, 4.69) is 20.0 Å². The van der Waals surface area contributed by atoms with Crippen LogP contribution in [0.4, 0.5) is 13.2 Å². The molecule has 0 radical (unpaired) electrons. The molecule has 0 unspecified atom stereocenters. The Bertz CT molecular complexity index is 360. The largest absolute Gasteiger partial charge is 0 e. The van der Waals surface area contributed by atoms with Crippen LogP contribution in [-0.4, -0.2) is 0 Å². The molecule has 1 rings (SSSR count). The van der Waals surface area contributed by atoms with Crippen molar-refractivity contribution in [1.29, 1.82) is 0 Å². The quantitative estimate of drug-likeness (QED) is 0.521. The van der Waals surface area contributed by atoms with Gasteiger partial charge in [-0.25, -0.2) is 0 Å². The standard InChI is InChI=1S/C7H4ClF3.3CO.Cr/c8-6-4-2-1-3-5(6)7(9,10)11;3*1-2;/h1-4H;;;;. The van der Waals surface area contributed by atoms with E-state index in [4.69, 9.17) is 25.6 Å². The van der Waals surface area contributed by atoms with Gasteiger partial charge in [0.05, 0.1) is 10.6 Å². The number of rotatable bonds is 0. The Morgan fingerprint density at radius 1 is 0.889 bits per heavy atom. The zero-order chi connectivity index (χ0) is 14.5. The van der Waals surface area contributed by atoms with Gasteiger partial charge in [0.2, 0.25) is 0 Å². The van der Waals surface area contributed by atoms with Crippen molar-refractivity contribution >= 4 is 11.6 Å². The fraction of sp³-hybridized carbons (Fsp3) is 0.100. The second kappa shape index (κ2) is 16.1. The summed E-state index contributed by atoms with van der Waals surface area (Å²) in [6, 6.07) is 4.92. The smallest absolute Gasteiger partial charge is 0 e. The molecule has 0 aliphatic heterocycles. The van der Waals surface area contributed by atoms with Crippen LogP contribution in [0.25, 0.3) is 0 Å². The second-order valence-electron chi connectivity index (χ2n) is 1.98. The van der Waals surface area contributed by atoms with Gasteiger partial charge in [0.1, 0.15) is 0 Å². The first-order valence-corrected chi connectivity index (χ1v) is 3.82. The van der Waals surface area contributed by atoms with Crippen LogP contribution in [0.1, 0.15) is 5.56 Å². The third kappa shape index (κ3) is 11.5. The van der Waals surface area contributed by atoms with Gasteiger partial charge in [-0.05, 0) is 12.1 Å². The van der Waals surface area contributed by atoms with E-state index in [9.17, 15) is 13.2 Å². The van der Waals surface area contributed by atoms with Crippen molar-refractivity contribution in [3.8, 4) is 0 Å². The fourth-order valence-electron chi connectivity index (χ4n) is 0.691. The minimum atomic E-state index is -4.35. The maximum Gasteiger partial charge on any atom is 0 e. The van der Waals surface area contributed by atoms with E-state index >= 15 is 0 Å². The Morgan fingerprint density at radius 2 is 1.22 bits per heavy atom. The summed E-state index contributed by atoms with van der Waals surface area (Å²) >= 11 is 5.29. The molecule has 0 aliphatic rings. The van der Waals surface area contributed by atoms with E-state index in [-0.39, 0.29) is 22.4 Å². The molecule has 0 aromatic heterocycles. The summed E-state index contributed by atoms with van der Waals surface area (Å²) in [7, 11) is 0. The Balaban J connectivity index is -0.000000123. The van der Waals surface area contributed by atoms with Crippen LogP contribution >= 0.6 is 11.6 Å². The molecule has 1 aromatic rings. The first-order chi connectivity index (χ1) is 8.02. The van der Waals surface area contributed by atoms with E-state index in [0.717, 1.165) is 6.07 Å². The molecule has 0 amide bonds. The number of hydrogen-bond acceptors (Lipinski definition) is 0. The fourth-order valence-corrected chi connectivity index (χ4v) is 0.934. The van der Waals surface area contributed by atoms with E-state index in [0.29, 0.717) is 0 Å². The van der Waals surface area contributed by atoms with Crippen LogP contribution in [0.2, 0.25) is 5.02 Å². The maximum atomic E-state index is 12.0. The molecule has 0 N–H and O–H groups in total.